The highest BCUT2D eigenvalue weighted by atomic mass is 19.4. The van der Waals surface area contributed by atoms with Crippen molar-refractivity contribution in [3.8, 4) is 23.6 Å². The number of halogens is 3. The van der Waals surface area contributed by atoms with Crippen molar-refractivity contribution < 1.29 is 17.9 Å². The zero-order chi connectivity index (χ0) is 15.5. The van der Waals surface area contributed by atoms with Gasteiger partial charge in [0.05, 0.1) is 16.7 Å². The van der Waals surface area contributed by atoms with Gasteiger partial charge in [0.15, 0.2) is 0 Å². The van der Waals surface area contributed by atoms with E-state index in [0.29, 0.717) is 6.07 Å². The molecule has 0 aliphatic rings. The molecule has 3 nitrogen and oxygen atoms in total. The van der Waals surface area contributed by atoms with Crippen molar-refractivity contribution in [2.75, 3.05) is 0 Å². The fourth-order valence-corrected chi connectivity index (χ4v) is 1.65. The summed E-state index contributed by atoms with van der Waals surface area (Å²) in [6, 6.07) is 12.4. The largest absolute Gasteiger partial charge is 0.455 e. The molecule has 0 bridgehead atoms. The van der Waals surface area contributed by atoms with E-state index < -0.39 is 11.7 Å². The molecule has 0 heterocycles. The third-order valence-electron chi connectivity index (χ3n) is 2.65. The minimum Gasteiger partial charge on any atom is -0.455 e. The molecule has 0 radical (unpaired) electrons. The Labute approximate surface area is 118 Å². The Morgan fingerprint density at radius 3 is 2.10 bits per heavy atom. The van der Waals surface area contributed by atoms with Gasteiger partial charge in [-0.15, -0.1) is 0 Å². The zero-order valence-electron chi connectivity index (χ0n) is 10.5. The van der Waals surface area contributed by atoms with Crippen LogP contribution in [0.5, 0.6) is 11.5 Å². The van der Waals surface area contributed by atoms with Crippen molar-refractivity contribution in [1.29, 1.82) is 10.5 Å². The molecule has 0 aromatic heterocycles. The van der Waals surface area contributed by atoms with Gasteiger partial charge in [-0.05, 0) is 30.3 Å². The van der Waals surface area contributed by atoms with Crippen LogP contribution in [0.25, 0.3) is 0 Å². The highest BCUT2D eigenvalue weighted by molar-refractivity contribution is 5.51. The van der Waals surface area contributed by atoms with Gasteiger partial charge in [-0.25, -0.2) is 0 Å². The maximum Gasteiger partial charge on any atom is 0.416 e. The van der Waals surface area contributed by atoms with E-state index in [1.807, 2.05) is 6.07 Å². The summed E-state index contributed by atoms with van der Waals surface area (Å²) >= 11 is 0. The fourth-order valence-electron chi connectivity index (χ4n) is 1.65. The molecule has 2 aromatic rings. The third kappa shape index (κ3) is 3.13. The van der Waals surface area contributed by atoms with Gasteiger partial charge in [0.2, 0.25) is 0 Å². The first kappa shape index (κ1) is 14.4. The molecule has 6 heteroatoms. The first-order valence-corrected chi connectivity index (χ1v) is 5.74. The molecule has 0 atom stereocenters. The molecule has 2 aromatic carbocycles. The summed E-state index contributed by atoms with van der Waals surface area (Å²) in [5.41, 5.74) is -0.959. The number of hydrogen-bond acceptors (Lipinski definition) is 3. The number of benzene rings is 2. The molecular weight excluding hydrogens is 281 g/mol. The van der Waals surface area contributed by atoms with Gasteiger partial charge in [0.25, 0.3) is 0 Å². The Morgan fingerprint density at radius 1 is 0.857 bits per heavy atom. The summed E-state index contributed by atoms with van der Waals surface area (Å²) < 4.78 is 43.1. The van der Waals surface area contributed by atoms with E-state index in [0.717, 1.165) is 12.1 Å². The lowest BCUT2D eigenvalue weighted by atomic mass is 10.1. The standard InChI is InChI=1S/C15H7F3N2O/c16-15(17,18)12-5-6-14(11(7-12)9-20)21-13-4-2-1-3-10(13)8-19/h1-7H. The lowest BCUT2D eigenvalue weighted by molar-refractivity contribution is -0.137. The molecule has 0 saturated carbocycles. The first-order valence-electron chi connectivity index (χ1n) is 5.74. The van der Waals surface area contributed by atoms with Gasteiger partial charge in [-0.1, -0.05) is 12.1 Å². The van der Waals surface area contributed by atoms with Crippen LogP contribution >= 0.6 is 0 Å². The molecule has 0 fully saturated rings. The topological polar surface area (TPSA) is 56.8 Å². The lowest BCUT2D eigenvalue weighted by Crippen LogP contribution is -2.05. The first-order chi connectivity index (χ1) is 9.95. The van der Waals surface area contributed by atoms with Crippen LogP contribution in [0.1, 0.15) is 16.7 Å². The molecule has 0 unspecified atom stereocenters. The van der Waals surface area contributed by atoms with Crippen LogP contribution in [0.2, 0.25) is 0 Å². The lowest BCUT2D eigenvalue weighted by Gasteiger charge is -2.11. The van der Waals surface area contributed by atoms with E-state index in [1.54, 1.807) is 18.2 Å². The van der Waals surface area contributed by atoms with Crippen LogP contribution in [0.4, 0.5) is 13.2 Å². The average molecular weight is 288 g/mol. The number of hydrogen-bond donors (Lipinski definition) is 0. The number of alkyl halides is 3. The predicted molar refractivity (Wildman–Crippen MR) is 67.4 cm³/mol. The van der Waals surface area contributed by atoms with Crippen molar-refractivity contribution in [3.05, 3.63) is 59.2 Å². The Morgan fingerprint density at radius 2 is 1.48 bits per heavy atom. The summed E-state index contributed by atoms with van der Waals surface area (Å²) in [4.78, 5) is 0. The highest BCUT2D eigenvalue weighted by Crippen LogP contribution is 2.34. The maximum atomic E-state index is 12.6. The van der Waals surface area contributed by atoms with Gasteiger partial charge >= 0.3 is 6.18 Å². The van der Waals surface area contributed by atoms with Crippen LogP contribution < -0.4 is 4.74 Å². The monoisotopic (exact) mass is 288 g/mol. The molecule has 0 amide bonds. The van der Waals surface area contributed by atoms with Crippen LogP contribution in [-0.4, -0.2) is 0 Å². The van der Waals surface area contributed by atoms with E-state index in [2.05, 4.69) is 0 Å². The van der Waals surface area contributed by atoms with E-state index in [-0.39, 0.29) is 22.6 Å². The number of para-hydroxylation sites is 1. The second-order valence-electron chi connectivity index (χ2n) is 4.03. The SMILES string of the molecule is N#Cc1ccccc1Oc1ccc(C(F)(F)F)cc1C#N. The minimum atomic E-state index is -4.53. The van der Waals surface area contributed by atoms with Gasteiger partial charge in [-0.2, -0.15) is 23.7 Å². The summed E-state index contributed by atoms with van der Waals surface area (Å²) in [6.07, 6.45) is -4.53. The second kappa shape index (κ2) is 5.56. The molecule has 21 heavy (non-hydrogen) atoms. The quantitative estimate of drug-likeness (QED) is 0.830. The summed E-state index contributed by atoms with van der Waals surface area (Å²) in [6.45, 7) is 0. The number of rotatable bonds is 2. The molecule has 2 rings (SSSR count). The number of ether oxygens (including phenoxy) is 1. The molecule has 0 aliphatic heterocycles. The number of nitrogens with zero attached hydrogens (tertiary/aromatic N) is 2. The zero-order valence-corrected chi connectivity index (χ0v) is 10.5. The van der Waals surface area contributed by atoms with E-state index >= 15 is 0 Å². The highest BCUT2D eigenvalue weighted by Gasteiger charge is 2.31. The van der Waals surface area contributed by atoms with Crippen molar-refractivity contribution in [2.24, 2.45) is 0 Å². The molecular formula is C15H7F3N2O. The van der Waals surface area contributed by atoms with Gasteiger partial charge in [0.1, 0.15) is 23.6 Å². The van der Waals surface area contributed by atoms with E-state index in [1.165, 1.54) is 12.1 Å². The summed E-state index contributed by atoms with van der Waals surface area (Å²) in [5.74, 6) is 0.143. The maximum absolute atomic E-state index is 12.6. The molecule has 0 spiro atoms. The average Bonchev–Trinajstić information content (AvgIpc) is 2.47. The molecule has 0 saturated heterocycles. The smallest absolute Gasteiger partial charge is 0.416 e. The summed E-state index contributed by atoms with van der Waals surface area (Å²) in [5, 5.41) is 17.9. The van der Waals surface area contributed by atoms with E-state index in [9.17, 15) is 13.2 Å². The summed E-state index contributed by atoms with van der Waals surface area (Å²) in [7, 11) is 0. The van der Waals surface area contributed by atoms with Crippen molar-refractivity contribution >= 4 is 0 Å². The second-order valence-corrected chi connectivity index (χ2v) is 4.03. The van der Waals surface area contributed by atoms with Gasteiger partial charge in [0, 0.05) is 0 Å². The Balaban J connectivity index is 2.42. The van der Waals surface area contributed by atoms with E-state index in [4.69, 9.17) is 15.3 Å². The third-order valence-corrected chi connectivity index (χ3v) is 2.65. The molecule has 0 N–H and O–H groups in total. The predicted octanol–water partition coefficient (Wildman–Crippen LogP) is 4.24. The van der Waals surface area contributed by atoms with Crippen LogP contribution in [0.3, 0.4) is 0 Å². The van der Waals surface area contributed by atoms with Crippen LogP contribution in [-0.2, 0) is 6.18 Å². The van der Waals surface area contributed by atoms with Gasteiger partial charge in [-0.3, -0.25) is 0 Å². The van der Waals surface area contributed by atoms with Crippen molar-refractivity contribution in [1.82, 2.24) is 0 Å². The minimum absolute atomic E-state index is 0.0341. The van der Waals surface area contributed by atoms with Crippen molar-refractivity contribution in [2.45, 2.75) is 6.18 Å². The Hall–Kier alpha value is -2.99. The normalized spacial score (nSPS) is 10.5. The molecule has 0 aliphatic carbocycles. The Bertz CT molecular complexity index is 755. The van der Waals surface area contributed by atoms with Crippen LogP contribution in [0, 0.1) is 22.7 Å². The fraction of sp³-hybridized carbons (Fsp3) is 0.0667. The number of nitriles is 2. The van der Waals surface area contributed by atoms with Crippen LogP contribution in [0.15, 0.2) is 42.5 Å². The Kier molecular flexibility index (Phi) is 3.82. The van der Waals surface area contributed by atoms with Crippen molar-refractivity contribution in [3.63, 3.8) is 0 Å². The molecule has 104 valence electrons. The van der Waals surface area contributed by atoms with Gasteiger partial charge < -0.3 is 4.74 Å².